The Morgan fingerprint density at radius 3 is 2.76 bits per heavy atom. The Labute approximate surface area is 147 Å². The van der Waals surface area contributed by atoms with Crippen LogP contribution in [-0.4, -0.2) is 32.7 Å². The molecule has 1 aliphatic heterocycles. The number of nitrogens with one attached hydrogen (secondary N) is 1. The van der Waals surface area contributed by atoms with Crippen LogP contribution in [0.5, 0.6) is 5.75 Å². The first kappa shape index (κ1) is 17.3. The minimum Gasteiger partial charge on any atom is -0.496 e. The van der Waals surface area contributed by atoms with Gasteiger partial charge in [0.05, 0.1) is 13.5 Å². The van der Waals surface area contributed by atoms with E-state index in [1.54, 1.807) is 19.2 Å². The predicted octanol–water partition coefficient (Wildman–Crippen LogP) is 3.02. The molecule has 2 aromatic rings. The quantitative estimate of drug-likeness (QED) is 0.877. The minimum atomic E-state index is -0.219. The van der Waals surface area contributed by atoms with Gasteiger partial charge >= 0.3 is 0 Å². The first-order valence-electron chi connectivity index (χ1n) is 8.55. The average molecular weight is 342 g/mol. The molecule has 0 bridgehead atoms. The Bertz CT molecular complexity index is 718. The van der Waals surface area contributed by atoms with Gasteiger partial charge in [0.1, 0.15) is 11.6 Å². The van der Waals surface area contributed by atoms with Crippen LogP contribution in [0.3, 0.4) is 0 Å². The lowest BCUT2D eigenvalue weighted by atomic mass is 10.1. The van der Waals surface area contributed by atoms with Crippen molar-refractivity contribution in [2.24, 2.45) is 5.92 Å². The molecule has 0 spiro atoms. The van der Waals surface area contributed by atoms with Crippen LogP contribution in [-0.2, 0) is 11.2 Å². The fourth-order valence-corrected chi connectivity index (χ4v) is 3.23. The van der Waals surface area contributed by atoms with Crippen molar-refractivity contribution < 1.29 is 13.9 Å². The number of para-hydroxylation sites is 1. The predicted molar refractivity (Wildman–Crippen MR) is 96.4 cm³/mol. The van der Waals surface area contributed by atoms with Crippen LogP contribution in [0.2, 0.25) is 0 Å². The van der Waals surface area contributed by atoms with Gasteiger partial charge in [0.25, 0.3) is 0 Å². The molecule has 0 aromatic heterocycles. The fourth-order valence-electron chi connectivity index (χ4n) is 3.23. The van der Waals surface area contributed by atoms with E-state index in [1.807, 2.05) is 24.3 Å². The van der Waals surface area contributed by atoms with Crippen molar-refractivity contribution in [2.45, 2.75) is 12.8 Å². The van der Waals surface area contributed by atoms with Crippen molar-refractivity contribution in [3.63, 3.8) is 0 Å². The van der Waals surface area contributed by atoms with E-state index in [1.165, 1.54) is 12.1 Å². The largest absolute Gasteiger partial charge is 0.496 e. The number of amides is 1. The number of benzene rings is 2. The average Bonchev–Trinajstić information content (AvgIpc) is 3.10. The van der Waals surface area contributed by atoms with Crippen LogP contribution in [0, 0.1) is 11.7 Å². The number of anilines is 1. The number of methoxy groups -OCH3 is 1. The zero-order chi connectivity index (χ0) is 17.6. The van der Waals surface area contributed by atoms with Gasteiger partial charge in [-0.1, -0.05) is 18.2 Å². The molecule has 2 aromatic carbocycles. The number of ether oxygens (including phenoxy) is 1. The molecule has 4 nitrogen and oxygen atoms in total. The molecule has 1 saturated heterocycles. The Morgan fingerprint density at radius 1 is 1.24 bits per heavy atom. The number of hydrogen-bond acceptors (Lipinski definition) is 3. The topological polar surface area (TPSA) is 41.6 Å². The molecule has 1 unspecified atom stereocenters. The van der Waals surface area contributed by atoms with Crippen LogP contribution >= 0.6 is 0 Å². The second-order valence-electron chi connectivity index (χ2n) is 6.37. The van der Waals surface area contributed by atoms with E-state index >= 15 is 0 Å². The number of hydrogen-bond donors (Lipinski definition) is 1. The molecule has 0 aliphatic carbocycles. The first-order valence-corrected chi connectivity index (χ1v) is 8.55. The van der Waals surface area contributed by atoms with Crippen LogP contribution in [0.15, 0.2) is 48.5 Å². The molecule has 1 atom stereocenters. The molecule has 0 radical (unpaired) electrons. The van der Waals surface area contributed by atoms with Gasteiger partial charge < -0.3 is 15.0 Å². The minimum absolute atomic E-state index is 0.00438. The number of carbonyl (C=O) groups is 1. The summed E-state index contributed by atoms with van der Waals surface area (Å²) in [7, 11) is 1.61. The molecule has 1 aliphatic rings. The first-order chi connectivity index (χ1) is 12.2. The summed E-state index contributed by atoms with van der Waals surface area (Å²) in [6.07, 6.45) is 1.34. The van der Waals surface area contributed by atoms with Crippen molar-refractivity contribution >= 4 is 11.6 Å². The maximum Gasteiger partial charge on any atom is 0.224 e. The van der Waals surface area contributed by atoms with E-state index in [2.05, 4.69) is 10.2 Å². The van der Waals surface area contributed by atoms with Crippen LogP contribution < -0.4 is 15.0 Å². The zero-order valence-electron chi connectivity index (χ0n) is 14.4. The van der Waals surface area contributed by atoms with E-state index in [9.17, 15) is 9.18 Å². The van der Waals surface area contributed by atoms with Crippen LogP contribution in [0.25, 0.3) is 0 Å². The molecule has 132 valence electrons. The van der Waals surface area contributed by atoms with E-state index < -0.39 is 0 Å². The highest BCUT2D eigenvalue weighted by Crippen LogP contribution is 2.23. The summed E-state index contributed by atoms with van der Waals surface area (Å²) in [4.78, 5) is 14.4. The Balaban J connectivity index is 1.47. The second-order valence-corrected chi connectivity index (χ2v) is 6.37. The highest BCUT2D eigenvalue weighted by molar-refractivity contribution is 5.79. The van der Waals surface area contributed by atoms with E-state index in [-0.39, 0.29) is 11.7 Å². The molecular weight excluding hydrogens is 319 g/mol. The third kappa shape index (κ3) is 4.50. The van der Waals surface area contributed by atoms with Gasteiger partial charge in [-0.05, 0) is 42.7 Å². The number of carbonyl (C=O) groups excluding carboxylic acids is 1. The lowest BCUT2D eigenvalue weighted by Gasteiger charge is -2.19. The van der Waals surface area contributed by atoms with Gasteiger partial charge in [-0.3, -0.25) is 4.79 Å². The fraction of sp³-hybridized carbons (Fsp3) is 0.350. The standard InChI is InChI=1S/C20H23FN2O2/c1-25-19-5-3-2-4-16(19)12-20(24)22-13-15-10-11-23(14-15)18-8-6-17(21)7-9-18/h2-9,15H,10-14H2,1H3,(H,22,24). The summed E-state index contributed by atoms with van der Waals surface area (Å²) < 4.78 is 18.3. The Kier molecular flexibility index (Phi) is 5.53. The van der Waals surface area contributed by atoms with Crippen molar-refractivity contribution in [3.05, 3.63) is 59.9 Å². The lowest BCUT2D eigenvalue weighted by Crippen LogP contribution is -2.32. The molecule has 1 N–H and O–H groups in total. The molecule has 1 heterocycles. The summed E-state index contributed by atoms with van der Waals surface area (Å²) in [5.74, 6) is 0.931. The van der Waals surface area contributed by atoms with Gasteiger partial charge in [-0.25, -0.2) is 4.39 Å². The maximum atomic E-state index is 13.0. The van der Waals surface area contributed by atoms with Crippen molar-refractivity contribution in [3.8, 4) is 5.75 Å². The van der Waals surface area contributed by atoms with Crippen LogP contribution in [0.4, 0.5) is 10.1 Å². The molecule has 1 fully saturated rings. The third-order valence-corrected chi connectivity index (χ3v) is 4.61. The summed E-state index contributed by atoms with van der Waals surface area (Å²) >= 11 is 0. The summed E-state index contributed by atoms with van der Waals surface area (Å²) in [6, 6.07) is 14.1. The van der Waals surface area contributed by atoms with Crippen LogP contribution in [0.1, 0.15) is 12.0 Å². The number of rotatable bonds is 6. The third-order valence-electron chi connectivity index (χ3n) is 4.61. The smallest absolute Gasteiger partial charge is 0.224 e. The highest BCUT2D eigenvalue weighted by atomic mass is 19.1. The van der Waals surface area contributed by atoms with Gasteiger partial charge in [-0.15, -0.1) is 0 Å². The van der Waals surface area contributed by atoms with Gasteiger partial charge in [0, 0.05) is 30.9 Å². The highest BCUT2D eigenvalue weighted by Gasteiger charge is 2.23. The molecular formula is C20H23FN2O2. The number of nitrogens with zero attached hydrogens (tertiary/aromatic N) is 1. The van der Waals surface area contributed by atoms with E-state index in [0.29, 0.717) is 18.9 Å². The maximum absolute atomic E-state index is 13.0. The second kappa shape index (κ2) is 8.01. The SMILES string of the molecule is COc1ccccc1CC(=O)NCC1CCN(c2ccc(F)cc2)C1. The van der Waals surface area contributed by atoms with Gasteiger partial charge in [0.2, 0.25) is 5.91 Å². The van der Waals surface area contributed by atoms with E-state index in [4.69, 9.17) is 4.74 Å². The molecule has 0 saturated carbocycles. The van der Waals surface area contributed by atoms with Crippen molar-refractivity contribution in [2.75, 3.05) is 31.6 Å². The van der Waals surface area contributed by atoms with Gasteiger partial charge in [-0.2, -0.15) is 0 Å². The Hall–Kier alpha value is -2.56. The normalized spacial score (nSPS) is 16.7. The lowest BCUT2D eigenvalue weighted by molar-refractivity contribution is -0.120. The Morgan fingerprint density at radius 2 is 2.00 bits per heavy atom. The molecule has 3 rings (SSSR count). The summed E-state index contributed by atoms with van der Waals surface area (Å²) in [5.41, 5.74) is 1.92. The van der Waals surface area contributed by atoms with Crippen molar-refractivity contribution in [1.82, 2.24) is 5.32 Å². The van der Waals surface area contributed by atoms with Gasteiger partial charge in [0.15, 0.2) is 0 Å². The molecule has 5 heteroatoms. The number of halogens is 1. The summed E-state index contributed by atoms with van der Waals surface area (Å²) in [6.45, 7) is 2.46. The molecule has 25 heavy (non-hydrogen) atoms. The monoisotopic (exact) mass is 342 g/mol. The van der Waals surface area contributed by atoms with Crippen molar-refractivity contribution in [1.29, 1.82) is 0 Å². The van der Waals surface area contributed by atoms with E-state index in [0.717, 1.165) is 36.5 Å². The summed E-state index contributed by atoms with van der Waals surface area (Å²) in [5, 5.41) is 3.02. The molecule has 1 amide bonds. The zero-order valence-corrected chi connectivity index (χ0v) is 14.4.